The second-order valence-electron chi connectivity index (χ2n) is 7.95. The first-order chi connectivity index (χ1) is 14.9. The van der Waals surface area contributed by atoms with Crippen LogP contribution in [0, 0.1) is 0 Å². The number of benzene rings is 1. The highest BCUT2D eigenvalue weighted by Gasteiger charge is 2.20. The average Bonchev–Trinajstić information content (AvgIpc) is 3.21. The highest BCUT2D eigenvalue weighted by molar-refractivity contribution is 7.09. The van der Waals surface area contributed by atoms with Gasteiger partial charge in [0.25, 0.3) is 5.91 Å². The van der Waals surface area contributed by atoms with Crippen molar-refractivity contribution < 1.29 is 9.59 Å². The molecule has 0 bridgehead atoms. The third-order valence-electron chi connectivity index (χ3n) is 5.21. The molecule has 2 heterocycles. The number of urea groups is 1. The molecule has 9 heteroatoms. The van der Waals surface area contributed by atoms with E-state index >= 15 is 0 Å². The summed E-state index contributed by atoms with van der Waals surface area (Å²) >= 11 is 7.39. The fourth-order valence-corrected chi connectivity index (χ4v) is 4.45. The molecule has 0 aliphatic carbocycles. The monoisotopic (exact) mass is 463 g/mol. The van der Waals surface area contributed by atoms with E-state index in [9.17, 15) is 9.59 Å². The molecule has 0 unspecified atom stereocenters. The minimum atomic E-state index is -0.236. The zero-order valence-corrected chi connectivity index (χ0v) is 19.6. The van der Waals surface area contributed by atoms with E-state index in [1.165, 1.54) is 30.6 Å². The predicted octanol–water partition coefficient (Wildman–Crippen LogP) is 4.45. The van der Waals surface area contributed by atoms with Gasteiger partial charge in [-0.2, -0.15) is 0 Å². The van der Waals surface area contributed by atoms with Crippen molar-refractivity contribution in [3.8, 4) is 0 Å². The van der Waals surface area contributed by atoms with Crippen LogP contribution in [0.5, 0.6) is 0 Å². The number of piperidine rings is 1. The number of carbonyl (C=O) groups is 2. The summed E-state index contributed by atoms with van der Waals surface area (Å²) in [5.74, 6) is -0.168. The maximum Gasteiger partial charge on any atom is 0.322 e. The van der Waals surface area contributed by atoms with Crippen molar-refractivity contribution in [1.29, 1.82) is 0 Å². The highest BCUT2D eigenvalue weighted by Crippen LogP contribution is 2.18. The molecule has 0 radical (unpaired) electrons. The molecule has 1 aliphatic heterocycles. The number of thiazole rings is 1. The summed E-state index contributed by atoms with van der Waals surface area (Å²) < 4.78 is 0. The number of aromatic nitrogens is 1. The van der Waals surface area contributed by atoms with E-state index in [1.54, 1.807) is 34.5 Å². The molecule has 1 aliphatic rings. The van der Waals surface area contributed by atoms with Crippen LogP contribution in [0.1, 0.15) is 48.6 Å². The summed E-state index contributed by atoms with van der Waals surface area (Å²) in [4.78, 5) is 33.7. The Kier molecular flexibility index (Phi) is 8.69. The lowest BCUT2D eigenvalue weighted by molar-refractivity contribution is 0.0942. The van der Waals surface area contributed by atoms with Crippen LogP contribution in [0.25, 0.3) is 0 Å². The number of amides is 3. The molecule has 7 nitrogen and oxygen atoms in total. The highest BCUT2D eigenvalue weighted by atomic mass is 35.5. The number of nitrogens with one attached hydrogen (secondary N) is 2. The second kappa shape index (κ2) is 11.5. The minimum Gasteiger partial charge on any atom is -0.349 e. The molecule has 0 spiro atoms. The van der Waals surface area contributed by atoms with Gasteiger partial charge in [-0.3, -0.25) is 4.79 Å². The SMILES string of the molecule is CC(C)N(Cc1nc(C(=O)NCCN2CCCCC2)cs1)C(=O)Nc1cccc(Cl)c1. The summed E-state index contributed by atoms with van der Waals surface area (Å²) in [5.41, 5.74) is 1.04. The molecule has 0 saturated carbocycles. The van der Waals surface area contributed by atoms with Crippen molar-refractivity contribution in [2.75, 3.05) is 31.5 Å². The molecule has 2 aromatic rings. The lowest BCUT2D eigenvalue weighted by Gasteiger charge is -2.26. The van der Waals surface area contributed by atoms with E-state index in [0.29, 0.717) is 29.5 Å². The third kappa shape index (κ3) is 7.19. The average molecular weight is 464 g/mol. The lowest BCUT2D eigenvalue weighted by atomic mass is 10.1. The van der Waals surface area contributed by atoms with Crippen molar-refractivity contribution in [1.82, 2.24) is 20.1 Å². The van der Waals surface area contributed by atoms with Crippen LogP contribution in [0.2, 0.25) is 5.02 Å². The number of likely N-dealkylation sites (tertiary alicyclic amines) is 1. The maximum absolute atomic E-state index is 12.8. The van der Waals surface area contributed by atoms with Gasteiger partial charge in [0.1, 0.15) is 10.7 Å². The van der Waals surface area contributed by atoms with Crippen molar-refractivity contribution >= 4 is 40.6 Å². The van der Waals surface area contributed by atoms with Crippen LogP contribution in [0.4, 0.5) is 10.5 Å². The zero-order chi connectivity index (χ0) is 22.2. The third-order valence-corrected chi connectivity index (χ3v) is 6.28. The molecule has 0 atom stereocenters. The van der Waals surface area contributed by atoms with Gasteiger partial charge in [0.2, 0.25) is 0 Å². The Morgan fingerprint density at radius 2 is 2.03 bits per heavy atom. The standard InChI is InChI=1S/C22H30ClN5O2S/c1-16(2)28(22(30)25-18-8-6-7-17(23)13-18)14-20-26-19(15-31-20)21(29)24-9-12-27-10-4-3-5-11-27/h6-8,13,15-16H,3-5,9-12,14H2,1-2H3,(H,24,29)(H,25,30). The lowest BCUT2D eigenvalue weighted by Crippen LogP contribution is -2.39. The van der Waals surface area contributed by atoms with Crippen molar-refractivity contribution in [2.24, 2.45) is 0 Å². The maximum atomic E-state index is 12.8. The smallest absolute Gasteiger partial charge is 0.322 e. The molecule has 31 heavy (non-hydrogen) atoms. The summed E-state index contributed by atoms with van der Waals surface area (Å²) in [5, 5.41) is 8.85. The Morgan fingerprint density at radius 3 is 2.74 bits per heavy atom. The number of rotatable bonds is 8. The summed E-state index contributed by atoms with van der Waals surface area (Å²) in [7, 11) is 0. The van der Waals surface area contributed by atoms with Crippen LogP contribution in [-0.4, -0.2) is 58.9 Å². The van der Waals surface area contributed by atoms with Gasteiger partial charge in [0.05, 0.1) is 6.54 Å². The van der Waals surface area contributed by atoms with Gasteiger partial charge in [-0.25, -0.2) is 9.78 Å². The number of hydrogen-bond acceptors (Lipinski definition) is 5. The topological polar surface area (TPSA) is 77.6 Å². The van der Waals surface area contributed by atoms with Gasteiger partial charge in [-0.15, -0.1) is 11.3 Å². The van der Waals surface area contributed by atoms with Gasteiger partial charge in [-0.1, -0.05) is 24.1 Å². The number of nitrogens with zero attached hydrogens (tertiary/aromatic N) is 3. The normalized spacial score (nSPS) is 14.5. The first kappa shape index (κ1) is 23.5. The van der Waals surface area contributed by atoms with Crippen LogP contribution in [0.15, 0.2) is 29.6 Å². The molecular weight excluding hydrogens is 434 g/mol. The summed E-state index contributed by atoms with van der Waals surface area (Å²) in [6.07, 6.45) is 3.77. The molecule has 1 fully saturated rings. The van der Waals surface area contributed by atoms with Crippen LogP contribution in [0.3, 0.4) is 0 Å². The Bertz CT molecular complexity index is 882. The van der Waals surface area contributed by atoms with Crippen molar-refractivity contribution in [2.45, 2.75) is 45.7 Å². The molecule has 2 N–H and O–H groups in total. The Morgan fingerprint density at radius 1 is 1.26 bits per heavy atom. The number of anilines is 1. The van der Waals surface area contributed by atoms with Crippen LogP contribution >= 0.6 is 22.9 Å². The minimum absolute atomic E-state index is 0.0371. The van der Waals surface area contributed by atoms with Crippen LogP contribution in [-0.2, 0) is 6.54 Å². The summed E-state index contributed by atoms with van der Waals surface area (Å²) in [6.45, 7) is 7.92. The van der Waals surface area contributed by atoms with E-state index in [4.69, 9.17) is 11.6 Å². The molecule has 1 aromatic carbocycles. The Hall–Kier alpha value is -2.16. The number of hydrogen-bond donors (Lipinski definition) is 2. The number of halogens is 1. The van der Waals surface area contributed by atoms with E-state index in [0.717, 1.165) is 24.6 Å². The first-order valence-corrected chi connectivity index (χ1v) is 12.0. The van der Waals surface area contributed by atoms with Gasteiger partial charge in [0, 0.05) is 35.2 Å². The summed E-state index contributed by atoms with van der Waals surface area (Å²) in [6, 6.07) is 6.76. The first-order valence-electron chi connectivity index (χ1n) is 10.7. The quantitative estimate of drug-likeness (QED) is 0.606. The van der Waals surface area contributed by atoms with Crippen LogP contribution < -0.4 is 10.6 Å². The molecule has 3 amide bonds. The van der Waals surface area contributed by atoms with Gasteiger partial charge >= 0.3 is 6.03 Å². The fourth-order valence-electron chi connectivity index (χ4n) is 3.49. The van der Waals surface area contributed by atoms with Gasteiger partial charge in [-0.05, 0) is 58.0 Å². The second-order valence-corrected chi connectivity index (χ2v) is 9.33. The van der Waals surface area contributed by atoms with Gasteiger partial charge in [0.15, 0.2) is 0 Å². The molecule has 168 valence electrons. The van der Waals surface area contributed by atoms with E-state index < -0.39 is 0 Å². The molecule has 1 aromatic heterocycles. The molecule has 3 rings (SSSR count). The fraction of sp³-hybridized carbons (Fsp3) is 0.500. The molecule has 1 saturated heterocycles. The molecular formula is C22H30ClN5O2S. The van der Waals surface area contributed by atoms with Crippen molar-refractivity contribution in [3.05, 3.63) is 45.4 Å². The largest absolute Gasteiger partial charge is 0.349 e. The van der Waals surface area contributed by atoms with E-state index in [1.807, 2.05) is 13.8 Å². The van der Waals surface area contributed by atoms with Crippen molar-refractivity contribution in [3.63, 3.8) is 0 Å². The number of carbonyl (C=O) groups excluding carboxylic acids is 2. The predicted molar refractivity (Wildman–Crippen MR) is 126 cm³/mol. The van der Waals surface area contributed by atoms with E-state index in [-0.39, 0.29) is 18.0 Å². The Labute approximate surface area is 192 Å². The zero-order valence-electron chi connectivity index (χ0n) is 18.1. The van der Waals surface area contributed by atoms with Gasteiger partial charge < -0.3 is 20.4 Å². The van der Waals surface area contributed by atoms with E-state index in [2.05, 4.69) is 20.5 Å². The Balaban J connectivity index is 1.53.